The van der Waals surface area contributed by atoms with Crippen LogP contribution in [0.5, 0.6) is 0 Å². The van der Waals surface area contributed by atoms with Gasteiger partial charge in [0, 0.05) is 5.56 Å². The van der Waals surface area contributed by atoms with E-state index in [2.05, 4.69) is 6.92 Å². The lowest BCUT2D eigenvalue weighted by molar-refractivity contribution is 0.0697. The third-order valence-electron chi connectivity index (χ3n) is 2.99. The Kier molecular flexibility index (Phi) is 3.95. The molecule has 0 radical (unpaired) electrons. The maximum atomic E-state index is 13.8. The number of aryl methyl sites for hydroxylation is 1. The molecule has 0 unspecified atom stereocenters. The molecular weight excluding hydrogens is 243 g/mol. The molecule has 2 rings (SSSR count). The van der Waals surface area contributed by atoms with Gasteiger partial charge in [0.1, 0.15) is 5.82 Å². The normalized spacial score (nSPS) is 10.4. The van der Waals surface area contributed by atoms with E-state index in [0.29, 0.717) is 11.1 Å². The zero-order valence-electron chi connectivity index (χ0n) is 10.7. The fourth-order valence-corrected chi connectivity index (χ4v) is 2.06. The predicted octanol–water partition coefficient (Wildman–Crippen LogP) is 4.14. The Bertz CT molecular complexity index is 605. The number of rotatable bonds is 4. The van der Waals surface area contributed by atoms with Crippen molar-refractivity contribution in [1.82, 2.24) is 0 Å². The van der Waals surface area contributed by atoms with E-state index < -0.39 is 11.8 Å². The van der Waals surface area contributed by atoms with Gasteiger partial charge in [-0.1, -0.05) is 37.6 Å². The molecule has 0 aliphatic carbocycles. The molecule has 0 aromatic heterocycles. The highest BCUT2D eigenvalue weighted by Gasteiger charge is 2.10. The first-order valence-corrected chi connectivity index (χ1v) is 6.24. The molecule has 0 bridgehead atoms. The minimum absolute atomic E-state index is 0.0947. The van der Waals surface area contributed by atoms with Gasteiger partial charge in [0.15, 0.2) is 0 Å². The van der Waals surface area contributed by atoms with Crippen molar-refractivity contribution in [3.05, 3.63) is 59.4 Å². The Morgan fingerprint density at radius 3 is 2.68 bits per heavy atom. The molecule has 0 spiro atoms. The van der Waals surface area contributed by atoms with Crippen molar-refractivity contribution in [2.24, 2.45) is 0 Å². The summed E-state index contributed by atoms with van der Waals surface area (Å²) >= 11 is 0. The molecule has 2 aromatic rings. The molecule has 0 aliphatic heterocycles. The lowest BCUT2D eigenvalue weighted by atomic mass is 9.99. The average molecular weight is 258 g/mol. The highest BCUT2D eigenvalue weighted by molar-refractivity contribution is 5.89. The van der Waals surface area contributed by atoms with E-state index in [1.54, 1.807) is 6.07 Å². The highest BCUT2D eigenvalue weighted by atomic mass is 19.1. The molecule has 0 atom stereocenters. The van der Waals surface area contributed by atoms with Crippen LogP contribution in [0.25, 0.3) is 11.1 Å². The molecule has 1 N–H and O–H groups in total. The summed E-state index contributed by atoms with van der Waals surface area (Å²) < 4.78 is 13.8. The SMILES string of the molecule is CCCc1cccc(-c2cc(C(=O)O)ccc2F)c1. The summed E-state index contributed by atoms with van der Waals surface area (Å²) in [6.45, 7) is 2.08. The molecule has 0 saturated carbocycles. The van der Waals surface area contributed by atoms with Crippen LogP contribution in [0.1, 0.15) is 29.3 Å². The van der Waals surface area contributed by atoms with Gasteiger partial charge < -0.3 is 5.11 Å². The van der Waals surface area contributed by atoms with Gasteiger partial charge in [0.25, 0.3) is 0 Å². The molecule has 0 aliphatic rings. The van der Waals surface area contributed by atoms with E-state index in [9.17, 15) is 9.18 Å². The first-order valence-electron chi connectivity index (χ1n) is 6.24. The summed E-state index contributed by atoms with van der Waals surface area (Å²) in [5.41, 5.74) is 2.27. The van der Waals surface area contributed by atoms with Crippen molar-refractivity contribution in [2.75, 3.05) is 0 Å². The maximum absolute atomic E-state index is 13.8. The van der Waals surface area contributed by atoms with Crippen molar-refractivity contribution in [1.29, 1.82) is 0 Å². The van der Waals surface area contributed by atoms with Crippen LogP contribution in [0.2, 0.25) is 0 Å². The molecule has 98 valence electrons. The van der Waals surface area contributed by atoms with E-state index >= 15 is 0 Å². The molecule has 0 fully saturated rings. The summed E-state index contributed by atoms with van der Waals surface area (Å²) in [7, 11) is 0. The third-order valence-corrected chi connectivity index (χ3v) is 2.99. The van der Waals surface area contributed by atoms with Gasteiger partial charge in [0.05, 0.1) is 5.56 Å². The molecular formula is C16H15FO2. The van der Waals surface area contributed by atoms with Gasteiger partial charge in [-0.15, -0.1) is 0 Å². The van der Waals surface area contributed by atoms with E-state index in [4.69, 9.17) is 5.11 Å². The number of carboxylic acid groups (broad SMARTS) is 1. The zero-order valence-corrected chi connectivity index (χ0v) is 10.7. The van der Waals surface area contributed by atoms with Crippen molar-refractivity contribution in [3.8, 4) is 11.1 Å². The average Bonchev–Trinajstić information content (AvgIpc) is 2.39. The van der Waals surface area contributed by atoms with Gasteiger partial charge in [-0.3, -0.25) is 0 Å². The highest BCUT2D eigenvalue weighted by Crippen LogP contribution is 2.25. The number of benzene rings is 2. The van der Waals surface area contributed by atoms with Crippen LogP contribution in [-0.2, 0) is 6.42 Å². The summed E-state index contributed by atoms with van der Waals surface area (Å²) in [5.74, 6) is -1.45. The zero-order chi connectivity index (χ0) is 13.8. The first kappa shape index (κ1) is 13.3. The van der Waals surface area contributed by atoms with Gasteiger partial charge in [-0.25, -0.2) is 9.18 Å². The van der Waals surface area contributed by atoms with Crippen molar-refractivity contribution >= 4 is 5.97 Å². The summed E-state index contributed by atoms with van der Waals surface area (Å²) in [6.07, 6.45) is 1.94. The van der Waals surface area contributed by atoms with Crippen molar-refractivity contribution in [3.63, 3.8) is 0 Å². The van der Waals surface area contributed by atoms with E-state index in [1.807, 2.05) is 18.2 Å². The Hall–Kier alpha value is -2.16. The number of hydrogen-bond donors (Lipinski definition) is 1. The number of halogens is 1. The van der Waals surface area contributed by atoms with Crippen molar-refractivity contribution < 1.29 is 14.3 Å². The van der Waals surface area contributed by atoms with E-state index in [-0.39, 0.29) is 5.56 Å². The molecule has 2 nitrogen and oxygen atoms in total. The maximum Gasteiger partial charge on any atom is 0.335 e. The third kappa shape index (κ3) is 2.99. The predicted molar refractivity (Wildman–Crippen MR) is 72.8 cm³/mol. The van der Waals surface area contributed by atoms with Crippen LogP contribution >= 0.6 is 0 Å². The Morgan fingerprint density at radius 1 is 1.21 bits per heavy atom. The second kappa shape index (κ2) is 5.65. The molecule has 0 amide bonds. The Balaban J connectivity index is 2.48. The van der Waals surface area contributed by atoms with Crippen LogP contribution in [0, 0.1) is 5.82 Å². The largest absolute Gasteiger partial charge is 0.478 e. The van der Waals surface area contributed by atoms with Crippen LogP contribution in [0.4, 0.5) is 4.39 Å². The van der Waals surface area contributed by atoms with Gasteiger partial charge >= 0.3 is 5.97 Å². The number of carbonyl (C=O) groups is 1. The fraction of sp³-hybridized carbons (Fsp3) is 0.188. The summed E-state index contributed by atoms with van der Waals surface area (Å²) in [5, 5.41) is 8.96. The lowest BCUT2D eigenvalue weighted by Gasteiger charge is -2.07. The first-order chi connectivity index (χ1) is 9.11. The Morgan fingerprint density at radius 2 is 2.00 bits per heavy atom. The number of carboxylic acids is 1. The van der Waals surface area contributed by atoms with Gasteiger partial charge in [0.2, 0.25) is 0 Å². The van der Waals surface area contributed by atoms with E-state index in [0.717, 1.165) is 18.4 Å². The van der Waals surface area contributed by atoms with Gasteiger partial charge in [-0.05, 0) is 35.7 Å². The molecule has 2 aromatic carbocycles. The van der Waals surface area contributed by atoms with Gasteiger partial charge in [-0.2, -0.15) is 0 Å². The van der Waals surface area contributed by atoms with Crippen LogP contribution in [0.3, 0.4) is 0 Å². The van der Waals surface area contributed by atoms with Crippen molar-refractivity contribution in [2.45, 2.75) is 19.8 Å². The number of hydrogen-bond acceptors (Lipinski definition) is 1. The quantitative estimate of drug-likeness (QED) is 0.894. The molecule has 19 heavy (non-hydrogen) atoms. The minimum Gasteiger partial charge on any atom is -0.478 e. The standard InChI is InChI=1S/C16H15FO2/c1-2-4-11-5-3-6-12(9-11)14-10-13(16(18)19)7-8-15(14)17/h3,5-10H,2,4H2,1H3,(H,18,19). The molecule has 3 heteroatoms. The van der Waals surface area contributed by atoms with Crippen LogP contribution < -0.4 is 0 Å². The fourth-order valence-electron chi connectivity index (χ4n) is 2.06. The van der Waals surface area contributed by atoms with E-state index in [1.165, 1.54) is 18.2 Å². The van der Waals surface area contributed by atoms with Crippen LogP contribution in [0.15, 0.2) is 42.5 Å². The monoisotopic (exact) mass is 258 g/mol. The second-order valence-electron chi connectivity index (χ2n) is 4.45. The van der Waals surface area contributed by atoms with Crippen LogP contribution in [-0.4, -0.2) is 11.1 Å². The smallest absolute Gasteiger partial charge is 0.335 e. The number of aromatic carboxylic acids is 1. The molecule has 0 heterocycles. The lowest BCUT2D eigenvalue weighted by Crippen LogP contribution is -1.98. The minimum atomic E-state index is -1.05. The molecule has 0 saturated heterocycles. The summed E-state index contributed by atoms with van der Waals surface area (Å²) in [4.78, 5) is 10.9. The Labute approximate surface area is 111 Å². The summed E-state index contributed by atoms with van der Waals surface area (Å²) in [6, 6.07) is 11.4. The second-order valence-corrected chi connectivity index (χ2v) is 4.45. The topological polar surface area (TPSA) is 37.3 Å².